The van der Waals surface area contributed by atoms with Crippen molar-refractivity contribution in [3.8, 4) is 0 Å². The van der Waals surface area contributed by atoms with Crippen LogP contribution in [-0.4, -0.2) is 33.1 Å². The lowest BCUT2D eigenvalue weighted by molar-refractivity contribution is -0.143. The minimum Gasteiger partial charge on any atom is -0.479 e. The van der Waals surface area contributed by atoms with Crippen LogP contribution < -0.4 is 4.90 Å². The number of anilines is 1. The molecule has 1 aliphatic heterocycles. The smallest absolute Gasteiger partial charge is 0.329 e. The second-order valence-electron chi connectivity index (χ2n) is 4.01. The molecule has 1 saturated heterocycles. The third-order valence-electron chi connectivity index (χ3n) is 3.31. The van der Waals surface area contributed by atoms with Crippen LogP contribution in [0.3, 0.4) is 0 Å². The van der Waals surface area contributed by atoms with E-state index in [4.69, 9.17) is 0 Å². The van der Waals surface area contributed by atoms with Gasteiger partial charge in [-0.15, -0.1) is 0 Å². The molecular formula is C11H15N3O2. The van der Waals surface area contributed by atoms with Crippen molar-refractivity contribution in [1.82, 2.24) is 9.97 Å². The van der Waals surface area contributed by atoms with Crippen LogP contribution in [0.2, 0.25) is 0 Å². The van der Waals surface area contributed by atoms with Gasteiger partial charge in [0.05, 0.1) is 0 Å². The van der Waals surface area contributed by atoms with E-state index in [9.17, 15) is 9.90 Å². The number of carbonyl (C=O) groups is 1. The number of rotatable bonds is 3. The fraction of sp³-hybridized carbons (Fsp3) is 0.545. The predicted molar refractivity (Wildman–Crippen MR) is 59.3 cm³/mol. The van der Waals surface area contributed by atoms with Gasteiger partial charge in [0.1, 0.15) is 17.7 Å². The first-order valence-corrected chi connectivity index (χ1v) is 5.48. The van der Waals surface area contributed by atoms with Crippen molar-refractivity contribution in [2.75, 3.05) is 11.4 Å². The zero-order chi connectivity index (χ0) is 11.6. The van der Waals surface area contributed by atoms with E-state index in [-0.39, 0.29) is 0 Å². The molecule has 0 aliphatic carbocycles. The molecular weight excluding hydrogens is 206 g/mol. The molecule has 1 N–H and O–H groups in total. The average molecular weight is 221 g/mol. The highest BCUT2D eigenvalue weighted by Crippen LogP contribution is 2.35. The van der Waals surface area contributed by atoms with E-state index in [0.29, 0.717) is 18.7 Å². The van der Waals surface area contributed by atoms with Crippen molar-refractivity contribution >= 4 is 11.8 Å². The molecule has 1 aromatic rings. The highest BCUT2D eigenvalue weighted by atomic mass is 16.4. The van der Waals surface area contributed by atoms with Gasteiger partial charge in [-0.05, 0) is 25.3 Å². The quantitative estimate of drug-likeness (QED) is 0.833. The van der Waals surface area contributed by atoms with Crippen LogP contribution in [0, 0.1) is 0 Å². The van der Waals surface area contributed by atoms with E-state index in [0.717, 1.165) is 13.0 Å². The molecule has 1 fully saturated rings. The number of nitrogens with zero attached hydrogens (tertiary/aromatic N) is 3. The second kappa shape index (κ2) is 4.08. The number of carboxylic acids is 1. The Kier molecular flexibility index (Phi) is 2.77. The molecule has 0 radical (unpaired) electrons. The van der Waals surface area contributed by atoms with Crippen LogP contribution in [0.25, 0.3) is 0 Å². The molecule has 16 heavy (non-hydrogen) atoms. The lowest BCUT2D eigenvalue weighted by Gasteiger charge is -2.34. The molecule has 0 bridgehead atoms. The fourth-order valence-corrected chi connectivity index (χ4v) is 2.40. The van der Waals surface area contributed by atoms with Crippen LogP contribution >= 0.6 is 0 Å². The Morgan fingerprint density at radius 3 is 3.06 bits per heavy atom. The molecule has 0 spiro atoms. The SMILES string of the molecule is CCC1(C(=O)O)CCCN1c1ccncn1. The summed E-state index contributed by atoms with van der Waals surface area (Å²) in [4.78, 5) is 21.3. The molecule has 86 valence electrons. The number of carboxylic acid groups (broad SMARTS) is 1. The molecule has 2 rings (SSSR count). The first kappa shape index (κ1) is 10.9. The van der Waals surface area contributed by atoms with E-state index in [1.54, 1.807) is 12.3 Å². The summed E-state index contributed by atoms with van der Waals surface area (Å²) in [7, 11) is 0. The van der Waals surface area contributed by atoms with Crippen LogP contribution in [0.15, 0.2) is 18.6 Å². The van der Waals surface area contributed by atoms with Crippen molar-refractivity contribution in [3.63, 3.8) is 0 Å². The molecule has 1 unspecified atom stereocenters. The molecule has 1 atom stereocenters. The highest BCUT2D eigenvalue weighted by molar-refractivity contribution is 5.84. The number of aliphatic carboxylic acids is 1. The molecule has 1 aromatic heterocycles. The standard InChI is InChI=1S/C11H15N3O2/c1-2-11(10(15)16)5-3-7-14(11)9-4-6-12-8-13-9/h4,6,8H,2-3,5,7H2,1H3,(H,15,16). The zero-order valence-electron chi connectivity index (χ0n) is 9.26. The average Bonchev–Trinajstić information content (AvgIpc) is 2.75. The molecule has 0 amide bonds. The van der Waals surface area contributed by atoms with Gasteiger partial charge in [-0.3, -0.25) is 0 Å². The van der Waals surface area contributed by atoms with E-state index in [2.05, 4.69) is 9.97 Å². The molecule has 0 aromatic carbocycles. The maximum Gasteiger partial charge on any atom is 0.329 e. The van der Waals surface area contributed by atoms with Crippen molar-refractivity contribution in [2.24, 2.45) is 0 Å². The number of hydrogen-bond acceptors (Lipinski definition) is 4. The summed E-state index contributed by atoms with van der Waals surface area (Å²) in [6.07, 6.45) is 5.26. The van der Waals surface area contributed by atoms with Gasteiger partial charge >= 0.3 is 5.97 Å². The van der Waals surface area contributed by atoms with Gasteiger partial charge in [-0.2, -0.15) is 0 Å². The summed E-state index contributed by atoms with van der Waals surface area (Å²) < 4.78 is 0. The third kappa shape index (κ3) is 1.52. The Balaban J connectivity index is 2.37. The summed E-state index contributed by atoms with van der Waals surface area (Å²) in [5.74, 6) is -0.0529. The number of aromatic nitrogens is 2. The maximum atomic E-state index is 11.5. The summed E-state index contributed by atoms with van der Waals surface area (Å²) >= 11 is 0. The third-order valence-corrected chi connectivity index (χ3v) is 3.31. The Bertz CT molecular complexity index is 382. The van der Waals surface area contributed by atoms with E-state index >= 15 is 0 Å². The maximum absolute atomic E-state index is 11.5. The highest BCUT2D eigenvalue weighted by Gasteiger charge is 2.46. The first-order valence-electron chi connectivity index (χ1n) is 5.48. The largest absolute Gasteiger partial charge is 0.479 e. The van der Waals surface area contributed by atoms with Crippen LogP contribution in [0.1, 0.15) is 26.2 Å². The Morgan fingerprint density at radius 2 is 2.50 bits per heavy atom. The predicted octanol–water partition coefficient (Wildman–Crippen LogP) is 1.31. The summed E-state index contributed by atoms with van der Waals surface area (Å²) in [6, 6.07) is 1.76. The minimum absolute atomic E-state index is 0.590. The van der Waals surface area contributed by atoms with Gasteiger partial charge in [-0.25, -0.2) is 14.8 Å². The van der Waals surface area contributed by atoms with Crippen molar-refractivity contribution in [2.45, 2.75) is 31.7 Å². The van der Waals surface area contributed by atoms with Gasteiger partial charge in [-0.1, -0.05) is 6.92 Å². The number of hydrogen-bond donors (Lipinski definition) is 1. The van der Waals surface area contributed by atoms with E-state index in [1.165, 1.54) is 6.33 Å². The second-order valence-corrected chi connectivity index (χ2v) is 4.01. The fourth-order valence-electron chi connectivity index (χ4n) is 2.40. The van der Waals surface area contributed by atoms with Crippen LogP contribution in [-0.2, 0) is 4.79 Å². The van der Waals surface area contributed by atoms with E-state index in [1.807, 2.05) is 11.8 Å². The van der Waals surface area contributed by atoms with Gasteiger partial charge in [0.25, 0.3) is 0 Å². The van der Waals surface area contributed by atoms with Gasteiger partial charge < -0.3 is 10.0 Å². The normalized spacial score (nSPS) is 24.7. The molecule has 5 heteroatoms. The van der Waals surface area contributed by atoms with Crippen LogP contribution in [0.5, 0.6) is 0 Å². The van der Waals surface area contributed by atoms with Gasteiger partial charge in [0.15, 0.2) is 0 Å². The summed E-state index contributed by atoms with van der Waals surface area (Å²) in [6.45, 7) is 2.66. The summed E-state index contributed by atoms with van der Waals surface area (Å²) in [5, 5.41) is 9.41. The molecule has 0 saturated carbocycles. The zero-order valence-corrected chi connectivity index (χ0v) is 9.26. The lowest BCUT2D eigenvalue weighted by Crippen LogP contribution is -2.50. The molecule has 1 aliphatic rings. The van der Waals surface area contributed by atoms with Gasteiger partial charge in [0.2, 0.25) is 0 Å². The summed E-state index contributed by atoms with van der Waals surface area (Å²) in [5.41, 5.74) is -0.783. The van der Waals surface area contributed by atoms with Crippen molar-refractivity contribution in [3.05, 3.63) is 18.6 Å². The minimum atomic E-state index is -0.783. The van der Waals surface area contributed by atoms with Crippen molar-refractivity contribution < 1.29 is 9.90 Å². The first-order chi connectivity index (χ1) is 7.70. The molecule has 2 heterocycles. The molecule has 5 nitrogen and oxygen atoms in total. The van der Waals surface area contributed by atoms with Crippen molar-refractivity contribution in [1.29, 1.82) is 0 Å². The van der Waals surface area contributed by atoms with Gasteiger partial charge in [0, 0.05) is 12.7 Å². The van der Waals surface area contributed by atoms with Crippen LogP contribution in [0.4, 0.5) is 5.82 Å². The Hall–Kier alpha value is -1.65. The topological polar surface area (TPSA) is 66.3 Å². The Labute approximate surface area is 94.1 Å². The monoisotopic (exact) mass is 221 g/mol. The Morgan fingerprint density at radius 1 is 1.69 bits per heavy atom. The lowest BCUT2D eigenvalue weighted by atomic mass is 9.93. The van der Waals surface area contributed by atoms with E-state index < -0.39 is 11.5 Å².